The average molecular weight is 193 g/mol. The van der Waals surface area contributed by atoms with Gasteiger partial charge in [0.25, 0.3) is 5.91 Å². The van der Waals surface area contributed by atoms with Crippen LogP contribution in [0.25, 0.3) is 0 Å². The van der Waals surface area contributed by atoms with Gasteiger partial charge in [-0.25, -0.2) is 0 Å². The molecule has 0 spiro atoms. The number of phenolic OH excluding ortho intramolecular Hbond substituents is 1. The third-order valence-corrected chi connectivity index (χ3v) is 2.37. The van der Waals surface area contributed by atoms with Crippen LogP contribution in [-0.4, -0.2) is 24.2 Å². The zero-order chi connectivity index (χ0) is 10.1. The van der Waals surface area contributed by atoms with Gasteiger partial charge in [-0.05, 0) is 17.7 Å². The molecule has 1 aliphatic rings. The van der Waals surface area contributed by atoms with Crippen molar-refractivity contribution in [3.8, 4) is 5.75 Å². The van der Waals surface area contributed by atoms with Crippen molar-refractivity contribution in [1.29, 1.82) is 0 Å². The fourth-order valence-corrected chi connectivity index (χ4v) is 1.55. The van der Waals surface area contributed by atoms with Gasteiger partial charge in [0.15, 0.2) is 6.10 Å². The summed E-state index contributed by atoms with van der Waals surface area (Å²) in [4.78, 5) is 11.0. The summed E-state index contributed by atoms with van der Waals surface area (Å²) in [6, 6.07) is 6.63. The second-order valence-electron chi connectivity index (χ2n) is 3.23. The summed E-state index contributed by atoms with van der Waals surface area (Å²) in [5.41, 5.74) is 0.939. The topological polar surface area (TPSA) is 58.6 Å². The maximum absolute atomic E-state index is 11.0. The standard InChI is InChI=1S/C10H11NO3/c1-14-9-8(11-10(9)13)6-2-4-7(12)5-3-6/h2-5,8-9,12H,1H3,(H,11,13). The molecule has 74 valence electrons. The number of hydrogen-bond acceptors (Lipinski definition) is 3. The van der Waals surface area contributed by atoms with Gasteiger partial charge in [-0.3, -0.25) is 4.79 Å². The third kappa shape index (κ3) is 1.33. The number of β-lactam (4-membered cyclic amide) rings is 1. The minimum absolute atomic E-state index is 0.0897. The molecular formula is C10H11NO3. The van der Waals surface area contributed by atoms with Crippen LogP contribution in [0.1, 0.15) is 11.6 Å². The first kappa shape index (κ1) is 9.02. The lowest BCUT2D eigenvalue weighted by molar-refractivity contribution is -0.145. The van der Waals surface area contributed by atoms with Crippen molar-refractivity contribution in [3.63, 3.8) is 0 Å². The number of rotatable bonds is 2. The lowest BCUT2D eigenvalue weighted by Gasteiger charge is -2.35. The minimum Gasteiger partial charge on any atom is -0.508 e. The molecule has 1 heterocycles. The molecule has 0 bridgehead atoms. The van der Waals surface area contributed by atoms with Crippen LogP contribution < -0.4 is 5.32 Å². The van der Waals surface area contributed by atoms with E-state index in [0.29, 0.717) is 0 Å². The van der Waals surface area contributed by atoms with Crippen LogP contribution in [0.15, 0.2) is 24.3 Å². The van der Waals surface area contributed by atoms with Gasteiger partial charge in [0, 0.05) is 7.11 Å². The monoisotopic (exact) mass is 193 g/mol. The minimum atomic E-state index is -0.403. The van der Waals surface area contributed by atoms with Crippen molar-refractivity contribution < 1.29 is 14.6 Å². The van der Waals surface area contributed by atoms with Crippen molar-refractivity contribution >= 4 is 5.91 Å². The van der Waals surface area contributed by atoms with E-state index in [4.69, 9.17) is 9.84 Å². The number of hydrogen-bond donors (Lipinski definition) is 2. The maximum atomic E-state index is 11.0. The van der Waals surface area contributed by atoms with E-state index in [2.05, 4.69) is 5.32 Å². The summed E-state index contributed by atoms with van der Waals surface area (Å²) >= 11 is 0. The van der Waals surface area contributed by atoms with Crippen molar-refractivity contribution in [2.45, 2.75) is 12.1 Å². The van der Waals surface area contributed by atoms with E-state index in [-0.39, 0.29) is 17.7 Å². The van der Waals surface area contributed by atoms with E-state index in [0.717, 1.165) is 5.56 Å². The molecule has 0 aromatic heterocycles. The van der Waals surface area contributed by atoms with Crippen LogP contribution in [0.2, 0.25) is 0 Å². The molecule has 0 saturated carbocycles. The Labute approximate surface area is 81.5 Å². The molecule has 0 aliphatic carbocycles. The van der Waals surface area contributed by atoms with Crippen LogP contribution >= 0.6 is 0 Å². The maximum Gasteiger partial charge on any atom is 0.252 e. The molecule has 4 heteroatoms. The zero-order valence-electron chi connectivity index (χ0n) is 7.73. The molecule has 2 rings (SSSR count). The summed E-state index contributed by atoms with van der Waals surface area (Å²) < 4.78 is 5.02. The van der Waals surface area contributed by atoms with Gasteiger partial charge in [0.2, 0.25) is 0 Å². The summed E-state index contributed by atoms with van der Waals surface area (Å²) in [6.07, 6.45) is -0.403. The molecule has 2 N–H and O–H groups in total. The number of nitrogens with one attached hydrogen (secondary N) is 1. The average Bonchev–Trinajstić information content (AvgIpc) is 2.16. The van der Waals surface area contributed by atoms with Gasteiger partial charge < -0.3 is 15.2 Å². The molecule has 1 fully saturated rings. The molecule has 1 saturated heterocycles. The number of aromatic hydroxyl groups is 1. The number of phenols is 1. The van der Waals surface area contributed by atoms with Gasteiger partial charge >= 0.3 is 0 Å². The molecule has 2 atom stereocenters. The van der Waals surface area contributed by atoms with Crippen LogP contribution in [0, 0.1) is 0 Å². The Balaban J connectivity index is 2.17. The Morgan fingerprint density at radius 1 is 1.36 bits per heavy atom. The molecule has 1 aromatic carbocycles. The number of carbonyl (C=O) groups is 1. The van der Waals surface area contributed by atoms with Crippen molar-refractivity contribution in [2.75, 3.05) is 7.11 Å². The van der Waals surface area contributed by atoms with Crippen molar-refractivity contribution in [3.05, 3.63) is 29.8 Å². The van der Waals surface area contributed by atoms with Crippen molar-refractivity contribution in [2.24, 2.45) is 0 Å². The summed E-state index contributed by atoms with van der Waals surface area (Å²) in [5.74, 6) is 0.124. The van der Waals surface area contributed by atoms with E-state index in [9.17, 15) is 4.79 Å². The molecular weight excluding hydrogens is 182 g/mol. The first-order chi connectivity index (χ1) is 6.72. The molecule has 1 amide bonds. The van der Waals surface area contributed by atoms with Crippen LogP contribution in [0.5, 0.6) is 5.75 Å². The highest BCUT2D eigenvalue weighted by molar-refractivity contribution is 5.88. The van der Waals surface area contributed by atoms with Crippen LogP contribution in [0.4, 0.5) is 0 Å². The molecule has 4 nitrogen and oxygen atoms in total. The number of amides is 1. The highest BCUT2D eigenvalue weighted by Gasteiger charge is 2.40. The Hall–Kier alpha value is -1.55. The van der Waals surface area contributed by atoms with Crippen LogP contribution in [0.3, 0.4) is 0 Å². The number of carbonyl (C=O) groups excluding carboxylic acids is 1. The van der Waals surface area contributed by atoms with E-state index >= 15 is 0 Å². The van der Waals surface area contributed by atoms with Gasteiger partial charge in [-0.2, -0.15) is 0 Å². The lowest BCUT2D eigenvalue weighted by atomic mass is 9.94. The highest BCUT2D eigenvalue weighted by atomic mass is 16.5. The Morgan fingerprint density at radius 3 is 2.50 bits per heavy atom. The second kappa shape index (κ2) is 3.31. The van der Waals surface area contributed by atoms with E-state index in [1.165, 1.54) is 7.11 Å². The number of benzene rings is 1. The highest BCUT2D eigenvalue weighted by Crippen LogP contribution is 2.27. The predicted molar refractivity (Wildman–Crippen MR) is 49.8 cm³/mol. The quantitative estimate of drug-likeness (QED) is 0.675. The fourth-order valence-electron chi connectivity index (χ4n) is 1.55. The SMILES string of the molecule is COC1C(=O)NC1c1ccc(O)cc1. The Bertz CT molecular complexity index is 347. The second-order valence-corrected chi connectivity index (χ2v) is 3.23. The number of ether oxygens (including phenoxy) is 1. The normalized spacial score (nSPS) is 25.4. The lowest BCUT2D eigenvalue weighted by Crippen LogP contribution is -2.56. The molecule has 14 heavy (non-hydrogen) atoms. The first-order valence-corrected chi connectivity index (χ1v) is 4.34. The smallest absolute Gasteiger partial charge is 0.252 e. The number of methoxy groups -OCH3 is 1. The van der Waals surface area contributed by atoms with E-state index < -0.39 is 6.10 Å². The molecule has 2 unspecified atom stereocenters. The van der Waals surface area contributed by atoms with Gasteiger partial charge in [0.1, 0.15) is 5.75 Å². The fraction of sp³-hybridized carbons (Fsp3) is 0.300. The zero-order valence-corrected chi connectivity index (χ0v) is 7.73. The largest absolute Gasteiger partial charge is 0.508 e. The summed E-state index contributed by atoms with van der Waals surface area (Å²) in [7, 11) is 1.51. The van der Waals surface area contributed by atoms with Crippen molar-refractivity contribution in [1.82, 2.24) is 5.32 Å². The Morgan fingerprint density at radius 2 is 2.00 bits per heavy atom. The van der Waals surface area contributed by atoms with Gasteiger partial charge in [0.05, 0.1) is 6.04 Å². The van der Waals surface area contributed by atoms with E-state index in [1.54, 1.807) is 24.3 Å². The van der Waals surface area contributed by atoms with Gasteiger partial charge in [-0.15, -0.1) is 0 Å². The third-order valence-electron chi connectivity index (χ3n) is 2.37. The molecule has 1 aliphatic heterocycles. The van der Waals surface area contributed by atoms with Crippen LogP contribution in [-0.2, 0) is 9.53 Å². The summed E-state index contributed by atoms with van der Waals surface area (Å²) in [6.45, 7) is 0. The summed E-state index contributed by atoms with van der Waals surface area (Å²) in [5, 5.41) is 11.8. The molecule has 0 radical (unpaired) electrons. The van der Waals surface area contributed by atoms with Gasteiger partial charge in [-0.1, -0.05) is 12.1 Å². The van der Waals surface area contributed by atoms with E-state index in [1.807, 2.05) is 0 Å². The molecule has 1 aromatic rings. The first-order valence-electron chi connectivity index (χ1n) is 4.34. The predicted octanol–water partition coefficient (Wildman–Crippen LogP) is 0.578. The Kier molecular flexibility index (Phi) is 2.13.